The largest absolute Gasteiger partial charge is 0.435 e. The lowest BCUT2D eigenvalue weighted by Gasteiger charge is -2.28. The van der Waals surface area contributed by atoms with Crippen LogP contribution in [-0.2, 0) is 4.79 Å². The van der Waals surface area contributed by atoms with E-state index in [9.17, 15) is 18.8 Å². The molecule has 1 N–H and O–H groups in total. The lowest BCUT2D eigenvalue weighted by molar-refractivity contribution is -0.129. The van der Waals surface area contributed by atoms with Crippen LogP contribution < -0.4 is 10.1 Å². The maximum absolute atomic E-state index is 12.6. The molecule has 1 heterocycles. The average Bonchev–Trinajstić information content (AvgIpc) is 3.20. The standard InChI is InChI=1S/C23H23ClF2N6O2/c1-4-31(15(3)33)20-12-32(30-21(20)16-8-9-19(24)14(2)10-16)23(28-13-27)29-17-6-5-7-18(11-17)34-22(25)26/h5-11,20,22H,4,12H2,1-3H3,(H,28,29). The first kappa shape index (κ1) is 24.9. The maximum Gasteiger partial charge on any atom is 0.387 e. The second-order valence-corrected chi connectivity index (χ2v) is 7.81. The Kier molecular flexibility index (Phi) is 8.02. The van der Waals surface area contributed by atoms with Gasteiger partial charge >= 0.3 is 6.61 Å². The minimum atomic E-state index is -2.98. The fourth-order valence-corrected chi connectivity index (χ4v) is 3.75. The number of rotatable bonds is 6. The van der Waals surface area contributed by atoms with Gasteiger partial charge in [-0.15, -0.1) is 0 Å². The van der Waals surface area contributed by atoms with E-state index in [1.165, 1.54) is 30.1 Å². The van der Waals surface area contributed by atoms with Crippen LogP contribution in [0, 0.1) is 18.4 Å². The van der Waals surface area contributed by atoms with Crippen LogP contribution in [0.25, 0.3) is 0 Å². The van der Waals surface area contributed by atoms with Crippen LogP contribution in [0.15, 0.2) is 52.6 Å². The summed E-state index contributed by atoms with van der Waals surface area (Å²) in [5.74, 6) is -0.125. The van der Waals surface area contributed by atoms with E-state index in [0.29, 0.717) is 17.3 Å². The van der Waals surface area contributed by atoms with Gasteiger partial charge in [0.1, 0.15) is 5.75 Å². The molecule has 0 saturated carbocycles. The summed E-state index contributed by atoms with van der Waals surface area (Å²) in [4.78, 5) is 18.4. The van der Waals surface area contributed by atoms with Gasteiger partial charge in [-0.25, -0.2) is 10.0 Å². The van der Waals surface area contributed by atoms with Crippen LogP contribution >= 0.6 is 11.6 Å². The highest BCUT2D eigenvalue weighted by molar-refractivity contribution is 6.31. The van der Waals surface area contributed by atoms with E-state index >= 15 is 0 Å². The average molecular weight is 489 g/mol. The van der Waals surface area contributed by atoms with Gasteiger partial charge in [0.25, 0.3) is 0 Å². The number of hydrazone groups is 1. The SMILES string of the molecule is CCN(C(C)=O)C1CN(C(=Nc2cccc(OC(F)F)c2)NC#N)N=C1c1ccc(Cl)c(C)c1. The van der Waals surface area contributed by atoms with Crippen LogP contribution in [0.3, 0.4) is 0 Å². The number of alkyl halides is 2. The van der Waals surface area contributed by atoms with Crippen LogP contribution in [0.4, 0.5) is 14.5 Å². The number of amides is 1. The number of carbonyl (C=O) groups excluding carboxylic acids is 1. The number of nitrogens with zero attached hydrogens (tertiary/aromatic N) is 5. The molecule has 0 saturated heterocycles. The maximum atomic E-state index is 12.6. The predicted octanol–water partition coefficient (Wildman–Crippen LogP) is 4.26. The summed E-state index contributed by atoms with van der Waals surface area (Å²) in [6.07, 6.45) is 1.82. The van der Waals surface area contributed by atoms with E-state index in [1.54, 1.807) is 17.0 Å². The third-order valence-electron chi connectivity index (χ3n) is 5.16. The van der Waals surface area contributed by atoms with Gasteiger partial charge in [0.05, 0.1) is 24.0 Å². The molecule has 1 aliphatic heterocycles. The van der Waals surface area contributed by atoms with E-state index in [-0.39, 0.29) is 29.8 Å². The molecular formula is C23H23ClF2N6O2. The first-order valence-corrected chi connectivity index (χ1v) is 10.8. The molecule has 2 aromatic carbocycles. The molecule has 34 heavy (non-hydrogen) atoms. The third kappa shape index (κ3) is 5.80. The van der Waals surface area contributed by atoms with Gasteiger partial charge in [-0.05, 0) is 43.7 Å². The van der Waals surface area contributed by atoms with E-state index < -0.39 is 12.7 Å². The highest BCUT2D eigenvalue weighted by Gasteiger charge is 2.35. The Morgan fingerprint density at radius 3 is 2.79 bits per heavy atom. The monoisotopic (exact) mass is 488 g/mol. The molecule has 2 aromatic rings. The van der Waals surface area contributed by atoms with Crippen LogP contribution in [0.5, 0.6) is 5.75 Å². The number of guanidine groups is 1. The number of nitrogens with one attached hydrogen (secondary N) is 1. The first-order chi connectivity index (χ1) is 16.2. The molecule has 8 nitrogen and oxygen atoms in total. The van der Waals surface area contributed by atoms with E-state index in [4.69, 9.17) is 11.6 Å². The molecule has 0 aromatic heterocycles. The fraction of sp³-hybridized carbons (Fsp3) is 0.304. The quantitative estimate of drug-likeness (QED) is 0.284. The van der Waals surface area contributed by atoms with Gasteiger partial charge in [-0.2, -0.15) is 19.1 Å². The van der Waals surface area contributed by atoms with E-state index in [2.05, 4.69) is 20.1 Å². The Morgan fingerprint density at radius 1 is 1.41 bits per heavy atom. The third-order valence-corrected chi connectivity index (χ3v) is 5.58. The molecule has 178 valence electrons. The summed E-state index contributed by atoms with van der Waals surface area (Å²) < 4.78 is 29.6. The van der Waals surface area contributed by atoms with Gasteiger partial charge in [-0.1, -0.05) is 23.7 Å². The molecule has 11 heteroatoms. The van der Waals surface area contributed by atoms with Gasteiger partial charge < -0.3 is 9.64 Å². The van der Waals surface area contributed by atoms with Gasteiger partial charge in [0.15, 0.2) is 6.19 Å². The highest BCUT2D eigenvalue weighted by Crippen LogP contribution is 2.25. The minimum Gasteiger partial charge on any atom is -0.435 e. The van der Waals surface area contributed by atoms with E-state index in [1.807, 2.05) is 32.2 Å². The lowest BCUT2D eigenvalue weighted by Crippen LogP contribution is -2.47. The number of ether oxygens (including phenoxy) is 1. The zero-order chi connectivity index (χ0) is 24.8. The van der Waals surface area contributed by atoms with Crippen molar-refractivity contribution in [3.8, 4) is 11.9 Å². The zero-order valence-corrected chi connectivity index (χ0v) is 19.6. The molecule has 0 spiro atoms. The van der Waals surface area contributed by atoms with Gasteiger partial charge in [0.2, 0.25) is 11.9 Å². The molecule has 1 aliphatic rings. The number of benzene rings is 2. The fourth-order valence-electron chi connectivity index (χ4n) is 3.64. The summed E-state index contributed by atoms with van der Waals surface area (Å²) in [7, 11) is 0. The molecule has 0 aliphatic carbocycles. The summed E-state index contributed by atoms with van der Waals surface area (Å²) in [6, 6.07) is 10.8. The van der Waals surface area contributed by atoms with Crippen molar-refractivity contribution in [2.75, 3.05) is 13.1 Å². The topological polar surface area (TPSA) is 93.3 Å². The molecular weight excluding hydrogens is 466 g/mol. The normalized spacial score (nSPS) is 15.7. The number of halogens is 3. The van der Waals surface area contributed by atoms with Crippen LogP contribution in [0.1, 0.15) is 25.0 Å². The van der Waals surface area contributed by atoms with Crippen molar-refractivity contribution in [3.63, 3.8) is 0 Å². The second-order valence-electron chi connectivity index (χ2n) is 7.40. The number of hydrogen-bond acceptors (Lipinski definition) is 5. The molecule has 3 rings (SSSR count). The van der Waals surface area contributed by atoms with Crippen molar-refractivity contribution in [3.05, 3.63) is 58.6 Å². The van der Waals surface area contributed by atoms with Crippen LogP contribution in [-0.4, -0.2) is 53.2 Å². The number of aryl methyl sites for hydroxylation is 1. The minimum absolute atomic E-state index is 0.0681. The summed E-state index contributed by atoms with van der Waals surface area (Å²) >= 11 is 6.18. The Hall–Kier alpha value is -3.71. The first-order valence-electron chi connectivity index (χ1n) is 10.4. The van der Waals surface area contributed by atoms with Crippen molar-refractivity contribution >= 4 is 34.9 Å². The van der Waals surface area contributed by atoms with Crippen molar-refractivity contribution in [1.82, 2.24) is 15.2 Å². The summed E-state index contributed by atoms with van der Waals surface area (Å²) in [5, 5.41) is 18.5. The van der Waals surface area contributed by atoms with Crippen molar-refractivity contribution < 1.29 is 18.3 Å². The molecule has 0 radical (unpaired) electrons. The van der Waals surface area contributed by atoms with Crippen molar-refractivity contribution in [1.29, 1.82) is 5.26 Å². The number of carbonyl (C=O) groups is 1. The number of hydrogen-bond donors (Lipinski definition) is 1. The molecule has 0 fully saturated rings. The number of nitriles is 1. The molecule has 1 amide bonds. The highest BCUT2D eigenvalue weighted by atomic mass is 35.5. The lowest BCUT2D eigenvalue weighted by atomic mass is 10.0. The molecule has 1 unspecified atom stereocenters. The van der Waals surface area contributed by atoms with E-state index in [0.717, 1.165) is 11.1 Å². The summed E-state index contributed by atoms with van der Waals surface area (Å²) in [6.45, 7) is 2.92. The predicted molar refractivity (Wildman–Crippen MR) is 125 cm³/mol. The molecule has 0 bridgehead atoms. The number of likely N-dealkylation sites (N-methyl/N-ethyl adjacent to an activating group) is 1. The smallest absolute Gasteiger partial charge is 0.387 e. The van der Waals surface area contributed by atoms with Crippen molar-refractivity contribution in [2.24, 2.45) is 10.1 Å². The number of aliphatic imine (C=N–C) groups is 1. The Morgan fingerprint density at radius 2 is 2.18 bits per heavy atom. The van der Waals surface area contributed by atoms with Crippen LogP contribution in [0.2, 0.25) is 5.02 Å². The second kappa shape index (κ2) is 10.9. The Labute approximate surface area is 201 Å². The Bertz CT molecular complexity index is 1160. The van der Waals surface area contributed by atoms with Crippen molar-refractivity contribution in [2.45, 2.75) is 33.4 Å². The summed E-state index contributed by atoms with van der Waals surface area (Å²) in [5.41, 5.74) is 2.51. The van der Waals surface area contributed by atoms with Gasteiger partial charge in [-0.3, -0.25) is 10.1 Å². The zero-order valence-electron chi connectivity index (χ0n) is 18.8. The van der Waals surface area contributed by atoms with Gasteiger partial charge in [0, 0.05) is 30.1 Å². The molecule has 1 atom stereocenters. The Balaban J connectivity index is 2.04.